The number of aliphatic carboxylic acids is 1. The molecule has 3 atom stereocenters. The topological polar surface area (TPSA) is 83.8 Å². The molecule has 1 amide bonds. The molecule has 2 N–H and O–H groups in total. The third-order valence-electron chi connectivity index (χ3n) is 5.44. The van der Waals surface area contributed by atoms with Gasteiger partial charge in [0.15, 0.2) is 0 Å². The van der Waals surface area contributed by atoms with Crippen molar-refractivity contribution in [3.63, 3.8) is 0 Å². The van der Waals surface area contributed by atoms with Crippen molar-refractivity contribution in [1.82, 2.24) is 14.8 Å². The van der Waals surface area contributed by atoms with E-state index >= 15 is 0 Å². The van der Waals surface area contributed by atoms with Gasteiger partial charge in [0.25, 0.3) is 5.91 Å². The molecule has 0 aromatic carbocycles. The lowest BCUT2D eigenvalue weighted by molar-refractivity contribution is -0.192. The summed E-state index contributed by atoms with van der Waals surface area (Å²) in [7, 11) is 1.89. The summed E-state index contributed by atoms with van der Waals surface area (Å²) in [6.45, 7) is 4.52. The van der Waals surface area contributed by atoms with Crippen LogP contribution in [0.3, 0.4) is 0 Å². The van der Waals surface area contributed by atoms with E-state index in [0.29, 0.717) is 30.2 Å². The first-order valence-corrected chi connectivity index (χ1v) is 10.6. The second-order valence-electron chi connectivity index (χ2n) is 7.64. The highest BCUT2D eigenvalue weighted by Crippen LogP contribution is 2.34. The zero-order chi connectivity index (χ0) is 22.6. The highest BCUT2D eigenvalue weighted by molar-refractivity contribution is 7.07. The summed E-state index contributed by atoms with van der Waals surface area (Å²) in [5.41, 5.74) is 2.09. The smallest absolute Gasteiger partial charge is 0.475 e. The molecule has 0 bridgehead atoms. The van der Waals surface area contributed by atoms with Crippen LogP contribution in [0.1, 0.15) is 16.1 Å². The van der Waals surface area contributed by atoms with Crippen LogP contribution < -0.4 is 5.32 Å². The minimum atomic E-state index is -5.08. The Kier molecular flexibility index (Phi) is 7.39. The summed E-state index contributed by atoms with van der Waals surface area (Å²) < 4.78 is 39.6. The molecule has 4 rings (SSSR count). The van der Waals surface area contributed by atoms with Gasteiger partial charge in [-0.05, 0) is 34.5 Å². The molecular formula is C20H24F3N3O4S. The maximum atomic E-state index is 12.3. The number of carbonyl (C=O) groups is 2. The Morgan fingerprint density at radius 1 is 1.32 bits per heavy atom. The molecule has 2 aliphatic rings. The van der Waals surface area contributed by atoms with E-state index in [1.807, 2.05) is 29.9 Å². The number of aryl methyl sites for hydroxylation is 1. The number of nitrogens with zero attached hydrogens (tertiary/aromatic N) is 2. The Bertz CT molecular complexity index is 885. The normalized spacial score (nSPS) is 23.2. The molecular weight excluding hydrogens is 435 g/mol. The van der Waals surface area contributed by atoms with Crippen LogP contribution in [0.15, 0.2) is 35.2 Å². The zero-order valence-electron chi connectivity index (χ0n) is 16.8. The number of nitrogens with one attached hydrogen (secondary N) is 1. The van der Waals surface area contributed by atoms with Crippen LogP contribution in [-0.4, -0.2) is 65.0 Å². The summed E-state index contributed by atoms with van der Waals surface area (Å²) in [5.74, 6) is -1.82. The first kappa shape index (κ1) is 23.3. The minimum Gasteiger partial charge on any atom is -0.475 e. The van der Waals surface area contributed by atoms with Gasteiger partial charge in [-0.2, -0.15) is 24.5 Å². The lowest BCUT2D eigenvalue weighted by Gasteiger charge is -2.19. The van der Waals surface area contributed by atoms with Gasteiger partial charge in [0.05, 0.1) is 12.7 Å². The van der Waals surface area contributed by atoms with Gasteiger partial charge in [0.2, 0.25) is 0 Å². The monoisotopic (exact) mass is 459 g/mol. The highest BCUT2D eigenvalue weighted by atomic mass is 32.1. The molecule has 2 fully saturated rings. The number of ether oxygens (including phenoxy) is 1. The van der Waals surface area contributed by atoms with Crippen molar-refractivity contribution in [3.05, 3.63) is 46.4 Å². The number of likely N-dealkylation sites (tertiary alicyclic amines) is 1. The van der Waals surface area contributed by atoms with E-state index in [2.05, 4.69) is 27.0 Å². The zero-order valence-corrected chi connectivity index (χ0v) is 17.7. The van der Waals surface area contributed by atoms with E-state index in [1.165, 1.54) is 5.56 Å². The van der Waals surface area contributed by atoms with Crippen LogP contribution in [0.5, 0.6) is 0 Å². The fraction of sp³-hybridized carbons (Fsp3) is 0.500. The standard InChI is InChI=1S/C18H23N3O2S.C2HF3O2/c1-20-5-2-3-16(20)18(22)19-7-14-11-23-17-10-21(9-15(14)17)8-13-4-6-24-12-13;3-2(4,5)1(6)7/h2-6,12,14-15,17H,7-11H2,1H3,(H,19,22);(H,6,7)/t14-,15+,17+;/m0./s1. The number of aromatic nitrogens is 1. The van der Waals surface area contributed by atoms with E-state index in [0.717, 1.165) is 26.2 Å². The Morgan fingerprint density at radius 3 is 2.65 bits per heavy atom. The SMILES string of the molecule is Cn1cccc1C(=O)NC[C@H]1CO[C@@H]2CN(Cc3ccsc3)C[C@H]12.O=C(O)C(F)(F)F. The van der Waals surface area contributed by atoms with Gasteiger partial charge in [0, 0.05) is 51.3 Å². The number of halogens is 3. The molecule has 2 aliphatic heterocycles. The predicted octanol–water partition coefficient (Wildman–Crippen LogP) is 2.60. The van der Waals surface area contributed by atoms with Crippen molar-refractivity contribution < 1.29 is 32.6 Å². The first-order valence-electron chi connectivity index (χ1n) is 9.70. The third-order valence-corrected chi connectivity index (χ3v) is 6.18. The van der Waals surface area contributed by atoms with Gasteiger partial charge in [-0.15, -0.1) is 0 Å². The maximum absolute atomic E-state index is 12.3. The van der Waals surface area contributed by atoms with E-state index in [-0.39, 0.29) is 5.91 Å². The van der Waals surface area contributed by atoms with E-state index < -0.39 is 12.1 Å². The number of carbonyl (C=O) groups excluding carboxylic acids is 1. The van der Waals surface area contributed by atoms with Gasteiger partial charge < -0.3 is 19.7 Å². The number of thiophene rings is 1. The van der Waals surface area contributed by atoms with Crippen LogP contribution >= 0.6 is 11.3 Å². The summed E-state index contributed by atoms with van der Waals surface area (Å²) in [4.78, 5) is 23.6. The number of fused-ring (bicyclic) bond motifs is 1. The predicted molar refractivity (Wildman–Crippen MR) is 108 cm³/mol. The Labute approximate surface area is 181 Å². The molecule has 2 saturated heterocycles. The van der Waals surface area contributed by atoms with Gasteiger partial charge in [0.1, 0.15) is 5.69 Å². The highest BCUT2D eigenvalue weighted by Gasteiger charge is 2.43. The first-order chi connectivity index (χ1) is 14.6. The van der Waals surface area contributed by atoms with Crippen molar-refractivity contribution in [2.75, 3.05) is 26.2 Å². The molecule has 31 heavy (non-hydrogen) atoms. The Hall–Kier alpha value is -2.37. The summed E-state index contributed by atoms with van der Waals surface area (Å²) in [6, 6.07) is 5.93. The quantitative estimate of drug-likeness (QED) is 0.718. The number of hydrogen-bond acceptors (Lipinski definition) is 5. The van der Waals surface area contributed by atoms with Gasteiger partial charge in [-0.25, -0.2) is 4.79 Å². The maximum Gasteiger partial charge on any atom is 0.490 e. The molecule has 0 aliphatic carbocycles. The van der Waals surface area contributed by atoms with Crippen LogP contribution in [0.2, 0.25) is 0 Å². The minimum absolute atomic E-state index is 0.000855. The number of hydrogen-bond donors (Lipinski definition) is 2. The van der Waals surface area contributed by atoms with Crippen LogP contribution in [-0.2, 0) is 23.1 Å². The van der Waals surface area contributed by atoms with Crippen LogP contribution in [0.25, 0.3) is 0 Å². The Balaban J connectivity index is 0.000000339. The molecule has 0 spiro atoms. The largest absolute Gasteiger partial charge is 0.490 e. The molecule has 4 heterocycles. The molecule has 0 unspecified atom stereocenters. The number of alkyl halides is 3. The fourth-order valence-electron chi connectivity index (χ4n) is 3.87. The number of carboxylic acid groups (broad SMARTS) is 1. The fourth-order valence-corrected chi connectivity index (χ4v) is 4.53. The van der Waals surface area contributed by atoms with Crippen LogP contribution in [0.4, 0.5) is 13.2 Å². The van der Waals surface area contributed by atoms with Crippen molar-refractivity contribution in [1.29, 1.82) is 0 Å². The summed E-state index contributed by atoms with van der Waals surface area (Å²) in [6.07, 6.45) is -2.87. The average Bonchev–Trinajstić information content (AvgIpc) is 3.46. The van der Waals surface area contributed by atoms with Crippen molar-refractivity contribution in [2.45, 2.75) is 18.8 Å². The number of amides is 1. The molecule has 2 aromatic heterocycles. The summed E-state index contributed by atoms with van der Waals surface area (Å²) >= 11 is 1.75. The molecule has 7 nitrogen and oxygen atoms in total. The van der Waals surface area contributed by atoms with Gasteiger partial charge >= 0.3 is 12.1 Å². The molecule has 170 valence electrons. The lowest BCUT2D eigenvalue weighted by Crippen LogP contribution is -2.34. The van der Waals surface area contributed by atoms with E-state index in [4.69, 9.17) is 14.6 Å². The molecule has 11 heteroatoms. The van der Waals surface area contributed by atoms with E-state index in [1.54, 1.807) is 11.3 Å². The molecule has 0 radical (unpaired) electrons. The van der Waals surface area contributed by atoms with Crippen molar-refractivity contribution >= 4 is 23.2 Å². The average molecular weight is 459 g/mol. The van der Waals surface area contributed by atoms with Gasteiger partial charge in [-0.1, -0.05) is 0 Å². The second-order valence-corrected chi connectivity index (χ2v) is 8.42. The Morgan fingerprint density at radius 2 is 2.06 bits per heavy atom. The van der Waals surface area contributed by atoms with Crippen LogP contribution in [0, 0.1) is 11.8 Å². The third kappa shape index (κ3) is 6.08. The van der Waals surface area contributed by atoms with Crippen molar-refractivity contribution in [2.24, 2.45) is 18.9 Å². The van der Waals surface area contributed by atoms with Gasteiger partial charge in [-0.3, -0.25) is 9.69 Å². The number of carboxylic acids is 1. The molecule has 2 aromatic rings. The van der Waals surface area contributed by atoms with E-state index in [9.17, 15) is 18.0 Å². The second kappa shape index (κ2) is 9.84. The number of rotatable bonds is 5. The van der Waals surface area contributed by atoms with Crippen molar-refractivity contribution in [3.8, 4) is 0 Å². The molecule has 0 saturated carbocycles. The summed E-state index contributed by atoms with van der Waals surface area (Å²) in [5, 5.41) is 14.6. The lowest BCUT2D eigenvalue weighted by atomic mass is 9.93.